The molecule has 1 aromatic rings. The second-order valence-corrected chi connectivity index (χ2v) is 5.00. The molecule has 0 saturated heterocycles. The Morgan fingerprint density at radius 1 is 1.67 bits per heavy atom. The summed E-state index contributed by atoms with van der Waals surface area (Å²) >= 11 is 5.23. The van der Waals surface area contributed by atoms with Gasteiger partial charge in [-0.15, -0.1) is 11.3 Å². The van der Waals surface area contributed by atoms with Crippen LogP contribution in [0.25, 0.3) is 0 Å². The van der Waals surface area contributed by atoms with Crippen molar-refractivity contribution in [3.8, 4) is 0 Å². The predicted molar refractivity (Wildman–Crippen MR) is 53.5 cm³/mol. The van der Waals surface area contributed by atoms with Gasteiger partial charge in [0.2, 0.25) is 0 Å². The minimum atomic E-state index is 0.236. The van der Waals surface area contributed by atoms with E-state index in [1.54, 1.807) is 11.3 Å². The van der Waals surface area contributed by atoms with E-state index in [1.807, 2.05) is 6.92 Å². The van der Waals surface area contributed by atoms with Crippen LogP contribution >= 0.6 is 27.3 Å². The molecule has 1 fully saturated rings. The smallest absolute Gasteiger partial charge is 0.137 e. The molecular formula is C9H9BrOS. The summed E-state index contributed by atoms with van der Waals surface area (Å²) in [5, 5.41) is 2.06. The number of hydrogen-bond donors (Lipinski definition) is 0. The minimum Gasteiger partial charge on any atom is -0.299 e. The van der Waals surface area contributed by atoms with E-state index in [4.69, 9.17) is 0 Å². The molecule has 0 bridgehead atoms. The van der Waals surface area contributed by atoms with E-state index < -0.39 is 0 Å². The molecule has 0 spiro atoms. The Labute approximate surface area is 83.9 Å². The average Bonchev–Trinajstić information content (AvgIpc) is 2.46. The molecule has 0 N–H and O–H groups in total. The van der Waals surface area contributed by atoms with E-state index in [1.165, 1.54) is 4.88 Å². The summed E-state index contributed by atoms with van der Waals surface area (Å²) in [5.41, 5.74) is 0. The third-order valence-electron chi connectivity index (χ3n) is 2.51. The molecule has 12 heavy (non-hydrogen) atoms. The van der Waals surface area contributed by atoms with Gasteiger partial charge in [0.25, 0.3) is 0 Å². The van der Waals surface area contributed by atoms with Crippen LogP contribution in [0.2, 0.25) is 0 Å². The van der Waals surface area contributed by atoms with Crippen LogP contribution in [-0.4, -0.2) is 5.78 Å². The summed E-state index contributed by atoms with van der Waals surface area (Å²) in [5.74, 6) is 1.12. The maximum Gasteiger partial charge on any atom is 0.137 e. The Morgan fingerprint density at radius 3 is 2.83 bits per heavy atom. The van der Waals surface area contributed by atoms with Crippen LogP contribution < -0.4 is 0 Å². The molecule has 1 heterocycles. The molecule has 1 aliphatic carbocycles. The van der Waals surface area contributed by atoms with Crippen LogP contribution in [0.5, 0.6) is 0 Å². The fourth-order valence-electron chi connectivity index (χ4n) is 1.53. The highest BCUT2D eigenvalue weighted by atomic mass is 79.9. The van der Waals surface area contributed by atoms with Gasteiger partial charge >= 0.3 is 0 Å². The van der Waals surface area contributed by atoms with Gasteiger partial charge in [-0.25, -0.2) is 0 Å². The van der Waals surface area contributed by atoms with Crippen molar-refractivity contribution in [1.29, 1.82) is 0 Å². The van der Waals surface area contributed by atoms with Crippen molar-refractivity contribution < 1.29 is 4.79 Å². The lowest BCUT2D eigenvalue weighted by Crippen LogP contribution is -2.32. The number of rotatable bonds is 1. The van der Waals surface area contributed by atoms with Crippen molar-refractivity contribution in [3.63, 3.8) is 0 Å². The van der Waals surface area contributed by atoms with E-state index in [0.717, 1.165) is 10.9 Å². The topological polar surface area (TPSA) is 17.1 Å². The molecule has 2 rings (SSSR count). The lowest BCUT2D eigenvalue weighted by Gasteiger charge is -2.31. The number of carbonyl (C=O) groups is 1. The summed E-state index contributed by atoms with van der Waals surface area (Å²) in [6.45, 7) is 2.02. The molecular weight excluding hydrogens is 236 g/mol. The van der Waals surface area contributed by atoms with Crippen LogP contribution in [0.1, 0.15) is 24.1 Å². The van der Waals surface area contributed by atoms with Gasteiger partial charge < -0.3 is 0 Å². The Bertz CT molecular complexity index is 318. The quantitative estimate of drug-likeness (QED) is 0.742. The van der Waals surface area contributed by atoms with Crippen molar-refractivity contribution in [3.05, 3.63) is 20.8 Å². The van der Waals surface area contributed by atoms with Crippen molar-refractivity contribution in [2.24, 2.45) is 5.92 Å². The normalized spacial score (nSPS) is 28.7. The summed E-state index contributed by atoms with van der Waals surface area (Å²) < 4.78 is 1.16. The first-order chi connectivity index (χ1) is 5.70. The Hall–Kier alpha value is -0.150. The maximum atomic E-state index is 11.0. The molecule has 2 unspecified atom stereocenters. The number of hydrogen-bond acceptors (Lipinski definition) is 2. The highest BCUT2D eigenvalue weighted by Gasteiger charge is 2.38. The molecule has 64 valence electrons. The number of thiophene rings is 1. The van der Waals surface area contributed by atoms with Crippen LogP contribution in [-0.2, 0) is 4.79 Å². The Balaban J connectivity index is 2.23. The van der Waals surface area contributed by atoms with Crippen molar-refractivity contribution >= 4 is 33.0 Å². The second kappa shape index (κ2) is 2.96. The maximum absolute atomic E-state index is 11.0. The fourth-order valence-corrected chi connectivity index (χ4v) is 3.41. The first kappa shape index (κ1) is 8.45. The highest BCUT2D eigenvalue weighted by Crippen LogP contribution is 2.44. The van der Waals surface area contributed by atoms with Gasteiger partial charge in [0.1, 0.15) is 5.78 Å². The average molecular weight is 245 g/mol. The van der Waals surface area contributed by atoms with E-state index in [2.05, 4.69) is 27.4 Å². The molecule has 1 aliphatic rings. The SMILES string of the molecule is CC1C(=O)CC1c1sccc1Br. The van der Waals surface area contributed by atoms with Gasteiger partial charge in [0.15, 0.2) is 0 Å². The lowest BCUT2D eigenvalue weighted by atomic mass is 9.73. The first-order valence-corrected chi connectivity index (χ1v) is 5.63. The zero-order valence-electron chi connectivity index (χ0n) is 6.71. The van der Waals surface area contributed by atoms with Crippen LogP contribution in [0.3, 0.4) is 0 Å². The molecule has 1 nitrogen and oxygen atoms in total. The summed E-state index contributed by atoms with van der Waals surface area (Å²) in [7, 11) is 0. The van der Waals surface area contributed by atoms with E-state index >= 15 is 0 Å². The third kappa shape index (κ3) is 1.15. The minimum absolute atomic E-state index is 0.236. The van der Waals surface area contributed by atoms with E-state index in [-0.39, 0.29) is 5.92 Å². The largest absolute Gasteiger partial charge is 0.299 e. The summed E-state index contributed by atoms with van der Waals surface area (Å²) in [6.07, 6.45) is 0.736. The third-order valence-corrected chi connectivity index (χ3v) is 4.52. The number of halogens is 1. The molecule has 3 heteroatoms. The van der Waals surface area contributed by atoms with E-state index in [0.29, 0.717) is 11.7 Å². The monoisotopic (exact) mass is 244 g/mol. The number of Topliss-reactive ketones (excluding diaryl/α,β-unsaturated/α-hetero) is 1. The lowest BCUT2D eigenvalue weighted by molar-refractivity contribution is -0.130. The molecule has 0 aliphatic heterocycles. The molecule has 1 aromatic heterocycles. The fraction of sp³-hybridized carbons (Fsp3) is 0.444. The van der Waals surface area contributed by atoms with Crippen molar-refractivity contribution in [2.45, 2.75) is 19.3 Å². The van der Waals surface area contributed by atoms with Gasteiger partial charge in [0, 0.05) is 27.6 Å². The summed E-state index contributed by atoms with van der Waals surface area (Å²) in [4.78, 5) is 12.4. The molecule has 1 saturated carbocycles. The van der Waals surface area contributed by atoms with Crippen LogP contribution in [0.15, 0.2) is 15.9 Å². The van der Waals surface area contributed by atoms with Gasteiger partial charge in [-0.2, -0.15) is 0 Å². The number of ketones is 1. The van der Waals surface area contributed by atoms with Crippen LogP contribution in [0, 0.1) is 5.92 Å². The summed E-state index contributed by atoms with van der Waals surface area (Å²) in [6, 6.07) is 2.05. The van der Waals surface area contributed by atoms with Crippen molar-refractivity contribution in [2.75, 3.05) is 0 Å². The van der Waals surface area contributed by atoms with Gasteiger partial charge in [-0.05, 0) is 27.4 Å². The zero-order valence-corrected chi connectivity index (χ0v) is 9.11. The van der Waals surface area contributed by atoms with Crippen LogP contribution in [0.4, 0.5) is 0 Å². The first-order valence-electron chi connectivity index (χ1n) is 3.95. The zero-order chi connectivity index (χ0) is 8.72. The molecule has 0 aromatic carbocycles. The molecule has 0 radical (unpaired) electrons. The molecule has 0 amide bonds. The molecule has 2 atom stereocenters. The van der Waals surface area contributed by atoms with E-state index in [9.17, 15) is 4.79 Å². The second-order valence-electron chi connectivity index (χ2n) is 3.20. The Morgan fingerprint density at radius 2 is 2.42 bits per heavy atom. The van der Waals surface area contributed by atoms with Gasteiger partial charge in [-0.1, -0.05) is 6.92 Å². The van der Waals surface area contributed by atoms with Crippen molar-refractivity contribution in [1.82, 2.24) is 0 Å². The predicted octanol–water partition coefficient (Wildman–Crippen LogP) is 3.20. The van der Waals surface area contributed by atoms with Gasteiger partial charge in [0.05, 0.1) is 0 Å². The number of carbonyl (C=O) groups excluding carboxylic acids is 1. The standard InChI is InChI=1S/C9H9BrOS/c1-5-6(4-8(5)11)9-7(10)2-3-12-9/h2-3,5-6H,4H2,1H3. The highest BCUT2D eigenvalue weighted by molar-refractivity contribution is 9.10. The van der Waals surface area contributed by atoms with Gasteiger partial charge in [-0.3, -0.25) is 4.79 Å². The Kier molecular flexibility index (Phi) is 2.09.